The molecule has 1 aromatic carbocycles. The summed E-state index contributed by atoms with van der Waals surface area (Å²) >= 11 is 12.5. The smallest absolute Gasteiger partial charge is 0.265 e. The van der Waals surface area contributed by atoms with Gasteiger partial charge in [-0.1, -0.05) is 29.3 Å². The molecule has 4 rings (SSSR count). The predicted molar refractivity (Wildman–Crippen MR) is 105 cm³/mol. The number of hydrogen-bond acceptors (Lipinski definition) is 3. The molecule has 26 heavy (non-hydrogen) atoms. The number of aromatic nitrogens is 2. The van der Waals surface area contributed by atoms with Gasteiger partial charge in [-0.2, -0.15) is 0 Å². The molecular weight excluding hydrogens is 369 g/mol. The Balaban J connectivity index is 1.82. The van der Waals surface area contributed by atoms with E-state index in [-0.39, 0.29) is 5.91 Å². The number of carbonyl (C=O) groups excluding carboxylic acids is 1. The second kappa shape index (κ2) is 7.03. The molecule has 0 radical (unpaired) electrons. The fourth-order valence-electron chi connectivity index (χ4n) is 3.73. The zero-order chi connectivity index (χ0) is 18.3. The quantitative estimate of drug-likeness (QED) is 0.631. The summed E-state index contributed by atoms with van der Waals surface area (Å²) in [4.78, 5) is 19.8. The Morgan fingerprint density at radius 3 is 2.54 bits per heavy atom. The van der Waals surface area contributed by atoms with E-state index in [9.17, 15) is 4.79 Å². The van der Waals surface area contributed by atoms with Crippen LogP contribution in [-0.2, 0) is 0 Å². The average Bonchev–Trinajstić information content (AvgIpc) is 3.02. The van der Waals surface area contributed by atoms with Crippen LogP contribution in [0.3, 0.4) is 0 Å². The van der Waals surface area contributed by atoms with Crippen molar-refractivity contribution in [1.29, 1.82) is 0 Å². The zero-order valence-corrected chi connectivity index (χ0v) is 16.0. The maximum atomic E-state index is 13.2. The minimum atomic E-state index is -0.212. The summed E-state index contributed by atoms with van der Waals surface area (Å²) in [6.45, 7) is 2.11. The molecule has 134 valence electrons. The van der Waals surface area contributed by atoms with Crippen LogP contribution in [0, 0.1) is 0 Å². The van der Waals surface area contributed by atoms with Gasteiger partial charge in [-0.15, -0.1) is 0 Å². The van der Waals surface area contributed by atoms with E-state index in [4.69, 9.17) is 23.2 Å². The topological polar surface area (TPSA) is 38.1 Å². The van der Waals surface area contributed by atoms with Crippen molar-refractivity contribution in [2.75, 3.05) is 20.1 Å². The highest BCUT2D eigenvalue weighted by atomic mass is 35.5. The molecule has 0 amide bonds. The Morgan fingerprint density at radius 2 is 1.85 bits per heavy atom. The van der Waals surface area contributed by atoms with Crippen molar-refractivity contribution in [2.24, 2.45) is 0 Å². The third kappa shape index (κ3) is 3.02. The van der Waals surface area contributed by atoms with E-state index < -0.39 is 0 Å². The van der Waals surface area contributed by atoms with Gasteiger partial charge in [-0.05, 0) is 62.7 Å². The van der Waals surface area contributed by atoms with Gasteiger partial charge in [0.2, 0.25) is 0 Å². The summed E-state index contributed by atoms with van der Waals surface area (Å²) in [7, 11) is 2.14. The summed E-state index contributed by atoms with van der Waals surface area (Å²) < 4.78 is 1.66. The van der Waals surface area contributed by atoms with Gasteiger partial charge in [-0.3, -0.25) is 14.3 Å². The minimum absolute atomic E-state index is 0.212. The second-order valence-corrected chi connectivity index (χ2v) is 7.64. The third-order valence-corrected chi connectivity index (χ3v) is 5.82. The molecule has 0 N–H and O–H groups in total. The van der Waals surface area contributed by atoms with Gasteiger partial charge in [0.25, 0.3) is 5.91 Å². The summed E-state index contributed by atoms with van der Waals surface area (Å²) in [5, 5.41) is 1.75. The monoisotopic (exact) mass is 387 g/mol. The van der Waals surface area contributed by atoms with Crippen molar-refractivity contribution in [2.45, 2.75) is 18.8 Å². The molecule has 3 aromatic rings. The number of nitrogens with zero attached hydrogens (tertiary/aromatic N) is 3. The standard InChI is InChI=1S/C20H19Cl2N3O/c1-24-9-6-13(7-10-24)15-12-25(18-5-8-23-11-14(15)18)20(26)19-16(21)3-2-4-17(19)22/h2-5,8,11-13H,6-7,9-10H2,1H3. The first kappa shape index (κ1) is 17.5. The fraction of sp³-hybridized carbons (Fsp3) is 0.300. The van der Waals surface area contributed by atoms with Crippen LogP contribution in [0.1, 0.15) is 34.7 Å². The first-order valence-electron chi connectivity index (χ1n) is 8.68. The van der Waals surface area contributed by atoms with Crippen LogP contribution in [0.15, 0.2) is 42.9 Å². The minimum Gasteiger partial charge on any atom is -0.306 e. The molecule has 2 aromatic heterocycles. The highest BCUT2D eigenvalue weighted by molar-refractivity contribution is 6.40. The van der Waals surface area contributed by atoms with Crippen LogP contribution < -0.4 is 0 Å². The Morgan fingerprint density at radius 1 is 1.15 bits per heavy atom. The largest absolute Gasteiger partial charge is 0.306 e. The second-order valence-electron chi connectivity index (χ2n) is 6.83. The molecule has 1 saturated heterocycles. The Hall–Kier alpha value is -1.88. The van der Waals surface area contributed by atoms with E-state index in [2.05, 4.69) is 16.9 Å². The van der Waals surface area contributed by atoms with Crippen LogP contribution in [0.2, 0.25) is 10.0 Å². The average molecular weight is 388 g/mol. The third-order valence-electron chi connectivity index (χ3n) is 5.19. The lowest BCUT2D eigenvalue weighted by Gasteiger charge is -2.28. The lowest BCUT2D eigenvalue weighted by Crippen LogP contribution is -2.29. The van der Waals surface area contributed by atoms with Crippen molar-refractivity contribution in [3.63, 3.8) is 0 Å². The number of hydrogen-bond donors (Lipinski definition) is 0. The van der Waals surface area contributed by atoms with Crippen LogP contribution in [0.5, 0.6) is 0 Å². The maximum Gasteiger partial charge on any atom is 0.265 e. The van der Waals surface area contributed by atoms with Gasteiger partial charge in [0, 0.05) is 24.0 Å². The number of carbonyl (C=O) groups is 1. The number of likely N-dealkylation sites (tertiary alicyclic amines) is 1. The Kier molecular flexibility index (Phi) is 4.74. The molecule has 0 spiro atoms. The predicted octanol–water partition coefficient (Wildman–Crippen LogP) is 4.84. The van der Waals surface area contributed by atoms with E-state index in [1.807, 2.05) is 18.5 Å². The summed E-state index contributed by atoms with van der Waals surface area (Å²) in [6, 6.07) is 6.98. The van der Waals surface area contributed by atoms with E-state index in [0.717, 1.165) is 36.8 Å². The van der Waals surface area contributed by atoms with Gasteiger partial charge in [0.05, 0.1) is 21.1 Å². The van der Waals surface area contributed by atoms with Crippen molar-refractivity contribution >= 4 is 40.0 Å². The molecule has 1 aliphatic rings. The van der Waals surface area contributed by atoms with Crippen molar-refractivity contribution < 1.29 is 4.79 Å². The molecular formula is C20H19Cl2N3O. The van der Waals surface area contributed by atoms with Crippen LogP contribution in [0.25, 0.3) is 10.9 Å². The van der Waals surface area contributed by atoms with E-state index in [1.165, 1.54) is 5.56 Å². The van der Waals surface area contributed by atoms with Gasteiger partial charge >= 0.3 is 0 Å². The SMILES string of the molecule is CN1CCC(c2cn(C(=O)c3c(Cl)cccc3Cl)c3ccncc23)CC1. The highest BCUT2D eigenvalue weighted by Crippen LogP contribution is 2.35. The van der Waals surface area contributed by atoms with Gasteiger partial charge < -0.3 is 4.90 Å². The molecule has 0 atom stereocenters. The lowest BCUT2D eigenvalue weighted by molar-refractivity contribution is 0.0965. The number of rotatable bonds is 2. The van der Waals surface area contributed by atoms with Crippen LogP contribution in [-0.4, -0.2) is 40.5 Å². The first-order chi connectivity index (χ1) is 12.6. The molecule has 1 aliphatic heterocycles. The molecule has 6 heteroatoms. The van der Waals surface area contributed by atoms with Gasteiger partial charge in [0.15, 0.2) is 0 Å². The van der Waals surface area contributed by atoms with E-state index >= 15 is 0 Å². The molecule has 0 unspecified atom stereocenters. The molecule has 0 bridgehead atoms. The summed E-state index contributed by atoms with van der Waals surface area (Å²) in [6.07, 6.45) is 7.65. The van der Waals surface area contributed by atoms with Gasteiger partial charge in [-0.25, -0.2) is 0 Å². The van der Waals surface area contributed by atoms with E-state index in [0.29, 0.717) is 21.5 Å². The Bertz CT molecular complexity index is 954. The van der Waals surface area contributed by atoms with Crippen LogP contribution in [0.4, 0.5) is 0 Å². The number of fused-ring (bicyclic) bond motifs is 1. The maximum absolute atomic E-state index is 13.2. The van der Waals surface area contributed by atoms with Crippen LogP contribution >= 0.6 is 23.2 Å². The van der Waals surface area contributed by atoms with Crippen molar-refractivity contribution in [1.82, 2.24) is 14.5 Å². The fourth-order valence-corrected chi connectivity index (χ4v) is 4.29. The normalized spacial score (nSPS) is 16.3. The highest BCUT2D eigenvalue weighted by Gasteiger charge is 2.25. The molecule has 0 aliphatic carbocycles. The summed E-state index contributed by atoms with van der Waals surface area (Å²) in [5.41, 5.74) is 2.35. The molecule has 4 nitrogen and oxygen atoms in total. The van der Waals surface area contributed by atoms with E-state index in [1.54, 1.807) is 29.0 Å². The zero-order valence-electron chi connectivity index (χ0n) is 14.5. The molecule has 1 fully saturated rings. The number of halogens is 2. The van der Waals surface area contributed by atoms with Crippen molar-refractivity contribution in [3.05, 3.63) is 64.0 Å². The summed E-state index contributed by atoms with van der Waals surface area (Å²) in [5.74, 6) is 0.213. The van der Waals surface area contributed by atoms with Gasteiger partial charge in [0.1, 0.15) is 0 Å². The lowest BCUT2D eigenvalue weighted by atomic mass is 9.90. The Labute approximate surface area is 162 Å². The number of benzene rings is 1. The number of pyridine rings is 1. The molecule has 3 heterocycles. The first-order valence-corrected chi connectivity index (χ1v) is 9.44. The van der Waals surface area contributed by atoms with Crippen molar-refractivity contribution in [3.8, 4) is 0 Å². The number of piperidine rings is 1. The molecule has 0 saturated carbocycles.